The van der Waals surface area contributed by atoms with Gasteiger partial charge in [0.1, 0.15) is 0 Å². The number of aliphatic hydroxyl groups excluding tert-OH is 1. The molecule has 0 aromatic carbocycles. The summed E-state index contributed by atoms with van der Waals surface area (Å²) in [5.74, 6) is 0. The number of hydrogen-bond donors (Lipinski definition) is 2. The predicted molar refractivity (Wildman–Crippen MR) is 41.8 cm³/mol. The van der Waals surface area contributed by atoms with Gasteiger partial charge in [-0.25, -0.2) is 0 Å². The molecule has 3 N–H and O–H groups in total. The fraction of sp³-hybridized carbons (Fsp3) is 0.571. The SMILES string of the molecule is NCCCn1cc(CO)cn1. The van der Waals surface area contributed by atoms with Crippen LogP contribution >= 0.6 is 0 Å². The van der Waals surface area contributed by atoms with Gasteiger partial charge in [-0.3, -0.25) is 4.68 Å². The maximum absolute atomic E-state index is 8.70. The quantitative estimate of drug-likeness (QED) is 0.628. The molecule has 0 aliphatic heterocycles. The van der Waals surface area contributed by atoms with Gasteiger partial charge in [0.25, 0.3) is 0 Å². The summed E-state index contributed by atoms with van der Waals surface area (Å²) in [5.41, 5.74) is 6.17. The van der Waals surface area contributed by atoms with E-state index in [1.54, 1.807) is 10.9 Å². The van der Waals surface area contributed by atoms with E-state index in [0.717, 1.165) is 18.5 Å². The molecule has 62 valence electrons. The second kappa shape index (κ2) is 4.10. The summed E-state index contributed by atoms with van der Waals surface area (Å²) in [4.78, 5) is 0. The second-order valence-corrected chi connectivity index (χ2v) is 2.41. The van der Waals surface area contributed by atoms with Crippen LogP contribution in [0.2, 0.25) is 0 Å². The average molecular weight is 155 g/mol. The van der Waals surface area contributed by atoms with Crippen molar-refractivity contribution in [1.29, 1.82) is 0 Å². The van der Waals surface area contributed by atoms with Gasteiger partial charge in [0.05, 0.1) is 12.8 Å². The van der Waals surface area contributed by atoms with Crippen molar-refractivity contribution in [2.24, 2.45) is 5.73 Å². The maximum Gasteiger partial charge on any atom is 0.0712 e. The highest BCUT2D eigenvalue weighted by atomic mass is 16.3. The van der Waals surface area contributed by atoms with E-state index in [1.165, 1.54) is 0 Å². The number of nitrogens with zero attached hydrogens (tertiary/aromatic N) is 2. The van der Waals surface area contributed by atoms with Crippen molar-refractivity contribution in [2.45, 2.75) is 19.6 Å². The highest BCUT2D eigenvalue weighted by Crippen LogP contribution is 1.97. The number of aryl methyl sites for hydroxylation is 1. The summed E-state index contributed by atoms with van der Waals surface area (Å²) in [6.45, 7) is 1.56. The van der Waals surface area contributed by atoms with E-state index in [1.807, 2.05) is 6.20 Å². The van der Waals surface area contributed by atoms with E-state index in [4.69, 9.17) is 10.8 Å². The van der Waals surface area contributed by atoms with Gasteiger partial charge in [-0.2, -0.15) is 5.10 Å². The van der Waals surface area contributed by atoms with E-state index in [0.29, 0.717) is 6.54 Å². The summed E-state index contributed by atoms with van der Waals surface area (Å²) in [5, 5.41) is 12.7. The van der Waals surface area contributed by atoms with E-state index in [2.05, 4.69) is 5.10 Å². The van der Waals surface area contributed by atoms with Gasteiger partial charge in [0, 0.05) is 18.3 Å². The highest BCUT2D eigenvalue weighted by molar-refractivity contribution is 5.01. The molecule has 1 rings (SSSR count). The van der Waals surface area contributed by atoms with Crippen molar-refractivity contribution in [3.63, 3.8) is 0 Å². The molecule has 0 bridgehead atoms. The summed E-state index contributed by atoms with van der Waals surface area (Å²) in [6, 6.07) is 0. The molecular formula is C7H13N3O. The Morgan fingerprint density at radius 3 is 3.00 bits per heavy atom. The van der Waals surface area contributed by atoms with Crippen LogP contribution in [0.5, 0.6) is 0 Å². The molecule has 0 spiro atoms. The molecule has 0 atom stereocenters. The smallest absolute Gasteiger partial charge is 0.0712 e. The Hall–Kier alpha value is -0.870. The van der Waals surface area contributed by atoms with E-state index >= 15 is 0 Å². The summed E-state index contributed by atoms with van der Waals surface area (Å²) >= 11 is 0. The lowest BCUT2D eigenvalue weighted by molar-refractivity contribution is 0.281. The fourth-order valence-corrected chi connectivity index (χ4v) is 0.864. The first-order chi connectivity index (χ1) is 5.36. The zero-order valence-corrected chi connectivity index (χ0v) is 6.40. The molecule has 0 amide bonds. The molecular weight excluding hydrogens is 142 g/mol. The lowest BCUT2D eigenvalue weighted by Gasteiger charge is -1.96. The van der Waals surface area contributed by atoms with Gasteiger partial charge in [-0.1, -0.05) is 0 Å². The van der Waals surface area contributed by atoms with Crippen LogP contribution in [0.25, 0.3) is 0 Å². The standard InChI is InChI=1S/C7H13N3O/c8-2-1-3-10-5-7(6-11)4-9-10/h4-5,11H,1-3,6,8H2. The first kappa shape index (κ1) is 8.23. The Morgan fingerprint density at radius 2 is 2.45 bits per heavy atom. The zero-order valence-electron chi connectivity index (χ0n) is 6.40. The average Bonchev–Trinajstić information content (AvgIpc) is 2.48. The predicted octanol–water partition coefficient (Wildman–Crippen LogP) is -0.276. The molecule has 0 radical (unpaired) electrons. The Kier molecular flexibility index (Phi) is 3.07. The molecule has 1 heterocycles. The minimum Gasteiger partial charge on any atom is -0.392 e. The van der Waals surface area contributed by atoms with Gasteiger partial charge in [0.2, 0.25) is 0 Å². The monoisotopic (exact) mass is 155 g/mol. The molecule has 1 aromatic rings. The molecule has 4 heteroatoms. The third-order valence-electron chi connectivity index (χ3n) is 1.46. The largest absolute Gasteiger partial charge is 0.392 e. The lowest BCUT2D eigenvalue weighted by atomic mass is 10.4. The van der Waals surface area contributed by atoms with Crippen molar-refractivity contribution in [3.05, 3.63) is 18.0 Å². The van der Waals surface area contributed by atoms with Crippen LogP contribution in [0.1, 0.15) is 12.0 Å². The molecule has 11 heavy (non-hydrogen) atoms. The lowest BCUT2D eigenvalue weighted by Crippen LogP contribution is -2.05. The molecule has 4 nitrogen and oxygen atoms in total. The first-order valence-electron chi connectivity index (χ1n) is 3.69. The van der Waals surface area contributed by atoms with Crippen LogP contribution in [-0.2, 0) is 13.2 Å². The normalized spacial score (nSPS) is 10.4. The Labute approximate surface area is 65.6 Å². The van der Waals surface area contributed by atoms with Gasteiger partial charge < -0.3 is 10.8 Å². The van der Waals surface area contributed by atoms with Crippen molar-refractivity contribution in [2.75, 3.05) is 6.54 Å². The Bertz CT molecular complexity index is 209. The van der Waals surface area contributed by atoms with Gasteiger partial charge in [-0.05, 0) is 13.0 Å². The first-order valence-corrected chi connectivity index (χ1v) is 3.69. The van der Waals surface area contributed by atoms with Crippen molar-refractivity contribution in [1.82, 2.24) is 9.78 Å². The van der Waals surface area contributed by atoms with Crippen LogP contribution in [0.4, 0.5) is 0 Å². The fourth-order valence-electron chi connectivity index (χ4n) is 0.864. The van der Waals surface area contributed by atoms with Gasteiger partial charge in [0.15, 0.2) is 0 Å². The van der Waals surface area contributed by atoms with Crippen molar-refractivity contribution in [3.8, 4) is 0 Å². The van der Waals surface area contributed by atoms with E-state index in [-0.39, 0.29) is 6.61 Å². The van der Waals surface area contributed by atoms with E-state index < -0.39 is 0 Å². The van der Waals surface area contributed by atoms with Crippen LogP contribution in [0.3, 0.4) is 0 Å². The van der Waals surface area contributed by atoms with Gasteiger partial charge >= 0.3 is 0 Å². The van der Waals surface area contributed by atoms with Crippen molar-refractivity contribution >= 4 is 0 Å². The highest BCUT2D eigenvalue weighted by Gasteiger charge is 1.94. The van der Waals surface area contributed by atoms with Crippen LogP contribution in [-0.4, -0.2) is 21.4 Å². The van der Waals surface area contributed by atoms with Crippen LogP contribution in [0, 0.1) is 0 Å². The summed E-state index contributed by atoms with van der Waals surface area (Å²) < 4.78 is 1.79. The summed E-state index contributed by atoms with van der Waals surface area (Å²) in [7, 11) is 0. The Balaban J connectivity index is 2.44. The minimum atomic E-state index is 0.0582. The number of aromatic nitrogens is 2. The van der Waals surface area contributed by atoms with Crippen molar-refractivity contribution < 1.29 is 5.11 Å². The van der Waals surface area contributed by atoms with Gasteiger partial charge in [-0.15, -0.1) is 0 Å². The molecule has 0 aliphatic rings. The van der Waals surface area contributed by atoms with E-state index in [9.17, 15) is 0 Å². The summed E-state index contributed by atoms with van der Waals surface area (Å²) in [6.07, 6.45) is 4.42. The second-order valence-electron chi connectivity index (χ2n) is 2.41. The molecule has 0 unspecified atom stereocenters. The van der Waals surface area contributed by atoms with Crippen LogP contribution in [0.15, 0.2) is 12.4 Å². The molecule has 1 aromatic heterocycles. The Morgan fingerprint density at radius 1 is 1.64 bits per heavy atom. The third kappa shape index (κ3) is 2.32. The maximum atomic E-state index is 8.70. The number of hydrogen-bond acceptors (Lipinski definition) is 3. The molecule has 0 fully saturated rings. The molecule has 0 aliphatic carbocycles. The topological polar surface area (TPSA) is 64.1 Å². The number of rotatable bonds is 4. The number of aliphatic hydroxyl groups is 1. The minimum absolute atomic E-state index is 0.0582. The van der Waals surface area contributed by atoms with Crippen LogP contribution < -0.4 is 5.73 Å². The molecule has 0 saturated carbocycles. The number of nitrogens with two attached hydrogens (primary N) is 1. The molecule has 0 saturated heterocycles. The zero-order chi connectivity index (χ0) is 8.10. The third-order valence-corrected chi connectivity index (χ3v) is 1.46.